The molecule has 2 unspecified atom stereocenters. The molecule has 1 aliphatic carbocycles. The molecule has 1 aromatic carbocycles. The molecule has 0 spiro atoms. The van der Waals surface area contributed by atoms with Gasteiger partial charge in [0.25, 0.3) is 0 Å². The average Bonchev–Trinajstić information content (AvgIpc) is 2.28. The lowest BCUT2D eigenvalue weighted by molar-refractivity contribution is 0.327. The van der Waals surface area contributed by atoms with Crippen LogP contribution in [0, 0.1) is 5.92 Å². The Morgan fingerprint density at radius 3 is 2.67 bits per heavy atom. The van der Waals surface area contributed by atoms with Crippen molar-refractivity contribution in [1.29, 1.82) is 0 Å². The molecule has 2 rings (SSSR count). The summed E-state index contributed by atoms with van der Waals surface area (Å²) in [6.45, 7) is 2.14. The van der Waals surface area contributed by atoms with E-state index in [4.69, 9.17) is 0 Å². The van der Waals surface area contributed by atoms with Crippen molar-refractivity contribution in [2.75, 3.05) is 0 Å². The van der Waals surface area contributed by atoms with Gasteiger partial charge in [0.15, 0.2) is 0 Å². The van der Waals surface area contributed by atoms with Gasteiger partial charge in [-0.1, -0.05) is 31.9 Å². The van der Waals surface area contributed by atoms with Crippen molar-refractivity contribution < 1.29 is 13.5 Å². The summed E-state index contributed by atoms with van der Waals surface area (Å²) in [7, 11) is -3.61. The zero-order valence-electron chi connectivity index (χ0n) is 10.5. The van der Waals surface area contributed by atoms with Crippen LogP contribution in [0.4, 0.5) is 0 Å². The van der Waals surface area contributed by atoms with E-state index in [2.05, 4.69) is 11.6 Å². The fourth-order valence-electron chi connectivity index (χ4n) is 2.51. The van der Waals surface area contributed by atoms with E-state index >= 15 is 0 Å². The number of para-hydroxylation sites is 1. The van der Waals surface area contributed by atoms with E-state index in [1.807, 2.05) is 0 Å². The van der Waals surface area contributed by atoms with Gasteiger partial charge < -0.3 is 5.11 Å². The number of sulfonamides is 1. The van der Waals surface area contributed by atoms with Crippen LogP contribution in [0.5, 0.6) is 5.75 Å². The number of benzene rings is 1. The molecular weight excluding hydrogens is 250 g/mol. The minimum Gasteiger partial charge on any atom is -0.507 e. The standard InChI is InChI=1S/C13H19NO3S/c1-10-5-4-6-11(9-10)14-18(16,17)13-8-3-2-7-12(13)15/h2-3,7-8,10-11,14-15H,4-6,9H2,1H3. The molecule has 0 saturated heterocycles. The van der Waals surface area contributed by atoms with Crippen LogP contribution in [-0.4, -0.2) is 19.6 Å². The Labute approximate surface area is 108 Å². The van der Waals surface area contributed by atoms with Crippen LogP contribution in [0.1, 0.15) is 32.6 Å². The maximum atomic E-state index is 12.2. The van der Waals surface area contributed by atoms with Crippen LogP contribution in [0.15, 0.2) is 29.2 Å². The van der Waals surface area contributed by atoms with E-state index in [0.29, 0.717) is 5.92 Å². The second-order valence-corrected chi connectivity index (χ2v) is 6.74. The van der Waals surface area contributed by atoms with Gasteiger partial charge in [-0.05, 0) is 30.9 Å². The summed E-state index contributed by atoms with van der Waals surface area (Å²) < 4.78 is 27.0. The van der Waals surface area contributed by atoms with Gasteiger partial charge in [-0.2, -0.15) is 0 Å². The largest absolute Gasteiger partial charge is 0.507 e. The number of phenolic OH excluding ortho intramolecular Hbond substituents is 1. The molecule has 5 heteroatoms. The lowest BCUT2D eigenvalue weighted by Gasteiger charge is -2.27. The first kappa shape index (κ1) is 13.4. The molecule has 0 amide bonds. The highest BCUT2D eigenvalue weighted by Crippen LogP contribution is 2.26. The molecule has 2 atom stereocenters. The van der Waals surface area contributed by atoms with Crippen LogP contribution in [0.3, 0.4) is 0 Å². The Hall–Kier alpha value is -1.07. The number of phenols is 1. The number of aromatic hydroxyl groups is 1. The molecule has 1 fully saturated rings. The Bertz CT molecular complexity index is 513. The van der Waals surface area contributed by atoms with Crippen molar-refractivity contribution in [2.24, 2.45) is 5.92 Å². The summed E-state index contributed by atoms with van der Waals surface area (Å²) in [4.78, 5) is -0.0387. The number of hydrogen-bond acceptors (Lipinski definition) is 3. The minimum atomic E-state index is -3.61. The molecular formula is C13H19NO3S. The van der Waals surface area contributed by atoms with Crippen LogP contribution in [-0.2, 0) is 10.0 Å². The predicted octanol–water partition coefficient (Wildman–Crippen LogP) is 2.25. The molecule has 0 radical (unpaired) electrons. The number of rotatable bonds is 3. The molecule has 1 saturated carbocycles. The van der Waals surface area contributed by atoms with Gasteiger partial charge in [-0.25, -0.2) is 13.1 Å². The van der Waals surface area contributed by atoms with Gasteiger partial charge in [0.1, 0.15) is 10.6 Å². The van der Waals surface area contributed by atoms with E-state index in [-0.39, 0.29) is 16.7 Å². The summed E-state index contributed by atoms with van der Waals surface area (Å²) in [5, 5.41) is 9.61. The van der Waals surface area contributed by atoms with Gasteiger partial charge in [0, 0.05) is 6.04 Å². The molecule has 2 N–H and O–H groups in total. The van der Waals surface area contributed by atoms with Gasteiger partial charge in [-0.15, -0.1) is 0 Å². The summed E-state index contributed by atoms with van der Waals surface area (Å²) in [5.74, 6) is 0.352. The third kappa shape index (κ3) is 3.03. The third-order valence-electron chi connectivity index (χ3n) is 3.41. The molecule has 0 bridgehead atoms. The quantitative estimate of drug-likeness (QED) is 0.884. The summed E-state index contributed by atoms with van der Waals surface area (Å²) in [6, 6.07) is 6.01. The number of nitrogens with one attached hydrogen (secondary N) is 1. The Morgan fingerprint density at radius 2 is 2.00 bits per heavy atom. The lowest BCUT2D eigenvalue weighted by atomic mass is 9.88. The maximum Gasteiger partial charge on any atom is 0.244 e. The molecule has 1 aliphatic rings. The lowest BCUT2D eigenvalue weighted by Crippen LogP contribution is -2.37. The molecule has 0 heterocycles. The summed E-state index contributed by atoms with van der Waals surface area (Å²) in [6.07, 6.45) is 3.95. The first-order valence-corrected chi connectivity index (χ1v) is 7.77. The second kappa shape index (κ2) is 5.28. The van der Waals surface area contributed by atoms with Crippen molar-refractivity contribution >= 4 is 10.0 Å². The van der Waals surface area contributed by atoms with E-state index in [1.165, 1.54) is 12.1 Å². The van der Waals surface area contributed by atoms with E-state index < -0.39 is 10.0 Å². The smallest absolute Gasteiger partial charge is 0.244 e. The third-order valence-corrected chi connectivity index (χ3v) is 4.98. The average molecular weight is 269 g/mol. The Morgan fingerprint density at radius 1 is 1.28 bits per heavy atom. The Balaban J connectivity index is 2.15. The van der Waals surface area contributed by atoms with Crippen LogP contribution >= 0.6 is 0 Å². The fraction of sp³-hybridized carbons (Fsp3) is 0.538. The molecule has 4 nitrogen and oxygen atoms in total. The zero-order valence-corrected chi connectivity index (χ0v) is 11.3. The van der Waals surface area contributed by atoms with Crippen LogP contribution < -0.4 is 4.72 Å². The molecule has 0 aliphatic heterocycles. The first-order chi connectivity index (χ1) is 8.49. The zero-order chi connectivity index (χ0) is 13.2. The monoisotopic (exact) mass is 269 g/mol. The van der Waals surface area contributed by atoms with Gasteiger partial charge in [-0.3, -0.25) is 0 Å². The fourth-order valence-corrected chi connectivity index (χ4v) is 3.89. The van der Waals surface area contributed by atoms with Crippen molar-refractivity contribution in [2.45, 2.75) is 43.5 Å². The van der Waals surface area contributed by atoms with Crippen molar-refractivity contribution in [3.63, 3.8) is 0 Å². The van der Waals surface area contributed by atoms with Crippen LogP contribution in [0.25, 0.3) is 0 Å². The van der Waals surface area contributed by atoms with Crippen LogP contribution in [0.2, 0.25) is 0 Å². The SMILES string of the molecule is CC1CCCC(NS(=O)(=O)c2ccccc2O)C1. The molecule has 1 aromatic rings. The molecule has 18 heavy (non-hydrogen) atoms. The highest BCUT2D eigenvalue weighted by molar-refractivity contribution is 7.89. The summed E-state index contributed by atoms with van der Waals surface area (Å²) in [5.41, 5.74) is 0. The number of hydrogen-bond donors (Lipinski definition) is 2. The van der Waals surface area contributed by atoms with Gasteiger partial charge in [0.2, 0.25) is 10.0 Å². The topological polar surface area (TPSA) is 66.4 Å². The van der Waals surface area contributed by atoms with Gasteiger partial charge >= 0.3 is 0 Å². The van der Waals surface area contributed by atoms with E-state index in [0.717, 1.165) is 25.7 Å². The highest BCUT2D eigenvalue weighted by atomic mass is 32.2. The maximum absolute atomic E-state index is 12.2. The van der Waals surface area contributed by atoms with E-state index in [9.17, 15) is 13.5 Å². The summed E-state index contributed by atoms with van der Waals surface area (Å²) >= 11 is 0. The highest BCUT2D eigenvalue weighted by Gasteiger charge is 2.26. The normalized spacial score (nSPS) is 24.9. The van der Waals surface area contributed by atoms with Gasteiger partial charge in [0.05, 0.1) is 0 Å². The first-order valence-electron chi connectivity index (χ1n) is 6.29. The second-order valence-electron chi connectivity index (χ2n) is 5.06. The van der Waals surface area contributed by atoms with Crippen molar-refractivity contribution in [1.82, 2.24) is 4.72 Å². The predicted molar refractivity (Wildman–Crippen MR) is 69.8 cm³/mol. The van der Waals surface area contributed by atoms with Crippen molar-refractivity contribution in [3.8, 4) is 5.75 Å². The molecule has 0 aromatic heterocycles. The minimum absolute atomic E-state index is 0.0154. The molecule has 100 valence electrons. The van der Waals surface area contributed by atoms with E-state index in [1.54, 1.807) is 12.1 Å². The van der Waals surface area contributed by atoms with Crippen molar-refractivity contribution in [3.05, 3.63) is 24.3 Å². The Kier molecular flexibility index (Phi) is 3.92.